The van der Waals surface area contributed by atoms with E-state index in [4.69, 9.17) is 10.00 Å². The quantitative estimate of drug-likeness (QED) is 0.545. The van der Waals surface area contributed by atoms with Crippen LogP contribution >= 0.6 is 22.6 Å². The molecule has 2 rings (SSSR count). The third-order valence-corrected chi connectivity index (χ3v) is 4.16. The van der Waals surface area contributed by atoms with Crippen LogP contribution < -0.4 is 4.74 Å². The number of nitriles is 1. The van der Waals surface area contributed by atoms with Gasteiger partial charge in [0.1, 0.15) is 11.8 Å². The van der Waals surface area contributed by atoms with E-state index in [9.17, 15) is 13.6 Å². The lowest BCUT2D eigenvalue weighted by atomic mass is 10.0. The van der Waals surface area contributed by atoms with E-state index in [1.165, 1.54) is 0 Å². The number of halogens is 3. The maximum absolute atomic E-state index is 12.7. The van der Waals surface area contributed by atoms with Gasteiger partial charge in [0.15, 0.2) is 6.61 Å². The van der Waals surface area contributed by atoms with E-state index in [2.05, 4.69) is 0 Å². The molecule has 0 saturated carbocycles. The Morgan fingerprint density at radius 2 is 2.09 bits per heavy atom. The molecule has 0 saturated heterocycles. The van der Waals surface area contributed by atoms with Gasteiger partial charge in [-0.05, 0) is 36.2 Å². The van der Waals surface area contributed by atoms with Gasteiger partial charge in [0, 0.05) is 5.70 Å². The van der Waals surface area contributed by atoms with Crippen molar-refractivity contribution in [3.63, 3.8) is 0 Å². The average molecular weight is 418 g/mol. The predicted octanol–water partition coefficient (Wildman–Crippen LogP) is 3.23. The Labute approximate surface area is 140 Å². The topological polar surface area (TPSA) is 53.3 Å². The van der Waals surface area contributed by atoms with Crippen LogP contribution in [0, 0.1) is 11.3 Å². The van der Waals surface area contributed by atoms with Crippen molar-refractivity contribution in [2.45, 2.75) is 16.8 Å². The van der Waals surface area contributed by atoms with Gasteiger partial charge in [-0.1, -0.05) is 28.7 Å². The zero-order chi connectivity index (χ0) is 16.1. The van der Waals surface area contributed by atoms with Crippen LogP contribution in [0.3, 0.4) is 0 Å². The Hall–Kier alpha value is -1.69. The van der Waals surface area contributed by atoms with E-state index in [0.29, 0.717) is 23.4 Å². The number of hydrogen-bond acceptors (Lipinski definition) is 3. The fourth-order valence-corrected chi connectivity index (χ4v) is 2.74. The van der Waals surface area contributed by atoms with Crippen LogP contribution in [-0.4, -0.2) is 34.3 Å². The van der Waals surface area contributed by atoms with Crippen molar-refractivity contribution < 1.29 is 18.3 Å². The van der Waals surface area contributed by atoms with Gasteiger partial charge in [-0.15, -0.1) is 0 Å². The van der Waals surface area contributed by atoms with Gasteiger partial charge in [0.05, 0.1) is 10.5 Å². The van der Waals surface area contributed by atoms with Gasteiger partial charge in [-0.3, -0.25) is 4.79 Å². The smallest absolute Gasteiger partial charge is 0.256 e. The Balaban J connectivity index is 2.24. The molecule has 0 bridgehead atoms. The molecule has 0 aromatic heterocycles. The highest BCUT2D eigenvalue weighted by Crippen LogP contribution is 2.30. The number of allylic oxidation sites excluding steroid dienone is 1. The minimum atomic E-state index is -2.59. The number of alkyl halides is 3. The fourth-order valence-electron chi connectivity index (χ4n) is 2.15. The first kappa shape index (κ1) is 16.7. The Kier molecular flexibility index (Phi) is 5.71. The highest BCUT2D eigenvalue weighted by molar-refractivity contribution is 14.1. The Morgan fingerprint density at radius 1 is 1.41 bits per heavy atom. The number of hydrogen-bond donors (Lipinski definition) is 0. The molecule has 1 atom stereocenters. The van der Waals surface area contributed by atoms with Gasteiger partial charge >= 0.3 is 0 Å². The molecule has 0 fully saturated rings. The van der Waals surface area contributed by atoms with Crippen LogP contribution in [-0.2, 0) is 4.79 Å². The molecule has 0 spiro atoms. The third kappa shape index (κ3) is 3.94. The minimum Gasteiger partial charge on any atom is -0.479 e. The fraction of sp³-hybridized carbons (Fsp3) is 0.333. The van der Waals surface area contributed by atoms with Crippen LogP contribution in [0.15, 0.2) is 30.3 Å². The van der Waals surface area contributed by atoms with E-state index in [1.54, 1.807) is 30.3 Å². The molecule has 1 aliphatic rings. The second kappa shape index (κ2) is 7.54. The summed E-state index contributed by atoms with van der Waals surface area (Å²) in [7, 11) is 0. The first-order chi connectivity index (χ1) is 10.5. The lowest BCUT2D eigenvalue weighted by Gasteiger charge is -2.31. The summed E-state index contributed by atoms with van der Waals surface area (Å²) in [5, 5.41) is 8.46. The molecule has 7 heteroatoms. The Morgan fingerprint density at radius 3 is 2.68 bits per heavy atom. The molecule has 4 nitrogen and oxygen atoms in total. The van der Waals surface area contributed by atoms with Crippen molar-refractivity contribution >= 4 is 34.2 Å². The van der Waals surface area contributed by atoms with E-state index in [1.807, 2.05) is 28.7 Å². The number of rotatable bonds is 5. The molecule has 1 aromatic carbocycles. The van der Waals surface area contributed by atoms with Crippen LogP contribution in [0.4, 0.5) is 8.78 Å². The second-order valence-corrected chi connectivity index (χ2v) is 6.11. The summed E-state index contributed by atoms with van der Waals surface area (Å²) in [5.74, 6) is 0.212. The lowest BCUT2D eigenvalue weighted by molar-refractivity contribution is -0.128. The maximum atomic E-state index is 12.7. The van der Waals surface area contributed by atoms with E-state index in [-0.39, 0.29) is 16.4 Å². The largest absolute Gasteiger partial charge is 0.479 e. The number of nitrogens with zero attached hydrogens (tertiary/aromatic N) is 2. The third-order valence-electron chi connectivity index (χ3n) is 3.12. The van der Waals surface area contributed by atoms with Crippen molar-refractivity contribution in [2.24, 2.45) is 0 Å². The molecular weight excluding hydrogens is 405 g/mol. The zero-order valence-electron chi connectivity index (χ0n) is 11.5. The number of benzene rings is 1. The zero-order valence-corrected chi connectivity index (χ0v) is 13.7. The molecule has 22 heavy (non-hydrogen) atoms. The van der Waals surface area contributed by atoms with E-state index < -0.39 is 13.0 Å². The standard InChI is InChI=1S/C15H13F2IN2O2/c16-14(17)9-20-13(6-5-12(18)15(20)21)10-1-3-11(4-2-10)22-8-7-19/h1-4,6,12,14H,5,8-9H2. The summed E-state index contributed by atoms with van der Waals surface area (Å²) >= 11 is 1.96. The molecule has 0 aliphatic carbocycles. The molecule has 1 amide bonds. The van der Waals surface area contributed by atoms with Gasteiger partial charge in [0.25, 0.3) is 6.43 Å². The van der Waals surface area contributed by atoms with Crippen LogP contribution in [0.25, 0.3) is 5.70 Å². The van der Waals surface area contributed by atoms with Crippen molar-refractivity contribution in [3.05, 3.63) is 35.9 Å². The van der Waals surface area contributed by atoms with E-state index in [0.717, 1.165) is 4.90 Å². The molecule has 1 aromatic rings. The average Bonchev–Trinajstić information content (AvgIpc) is 2.50. The highest BCUT2D eigenvalue weighted by atomic mass is 127. The molecule has 1 aliphatic heterocycles. The molecule has 0 N–H and O–H groups in total. The Bertz CT molecular complexity index is 611. The summed E-state index contributed by atoms with van der Waals surface area (Å²) in [4.78, 5) is 13.3. The summed E-state index contributed by atoms with van der Waals surface area (Å²) in [6, 6.07) is 8.54. The molecule has 116 valence electrons. The van der Waals surface area contributed by atoms with Crippen molar-refractivity contribution in [2.75, 3.05) is 13.2 Å². The van der Waals surface area contributed by atoms with Crippen LogP contribution in [0.1, 0.15) is 12.0 Å². The first-order valence-corrected chi connectivity index (χ1v) is 7.81. The second-order valence-electron chi connectivity index (χ2n) is 4.60. The normalized spacial score (nSPS) is 18.1. The molecule has 0 radical (unpaired) electrons. The van der Waals surface area contributed by atoms with Gasteiger partial charge in [-0.2, -0.15) is 5.26 Å². The van der Waals surface area contributed by atoms with Crippen molar-refractivity contribution in [3.8, 4) is 11.8 Å². The number of carbonyl (C=O) groups is 1. The number of carbonyl (C=O) groups excluding carboxylic acids is 1. The van der Waals surface area contributed by atoms with Gasteiger partial charge in [-0.25, -0.2) is 8.78 Å². The van der Waals surface area contributed by atoms with Crippen LogP contribution in [0.2, 0.25) is 0 Å². The van der Waals surface area contributed by atoms with Gasteiger partial charge < -0.3 is 9.64 Å². The highest BCUT2D eigenvalue weighted by Gasteiger charge is 2.31. The molecular formula is C15H13F2IN2O2. The lowest BCUT2D eigenvalue weighted by Crippen LogP contribution is -2.40. The summed E-state index contributed by atoms with van der Waals surface area (Å²) in [6.07, 6.45) is -0.278. The molecule has 1 heterocycles. The van der Waals surface area contributed by atoms with Gasteiger partial charge in [0.2, 0.25) is 5.91 Å². The van der Waals surface area contributed by atoms with E-state index >= 15 is 0 Å². The summed E-state index contributed by atoms with van der Waals surface area (Å²) in [5.41, 5.74) is 1.16. The SMILES string of the molecule is N#CCOc1ccc(C2=CCC(I)C(=O)N2CC(F)F)cc1. The van der Waals surface area contributed by atoms with Crippen molar-refractivity contribution in [1.29, 1.82) is 5.26 Å². The number of ether oxygens (including phenoxy) is 1. The maximum Gasteiger partial charge on any atom is 0.256 e. The summed E-state index contributed by atoms with van der Waals surface area (Å²) in [6.45, 7) is -0.675. The van der Waals surface area contributed by atoms with Crippen molar-refractivity contribution in [1.82, 2.24) is 4.90 Å². The monoisotopic (exact) mass is 418 g/mol. The first-order valence-electron chi connectivity index (χ1n) is 6.57. The minimum absolute atomic E-state index is 0.0610. The number of amides is 1. The predicted molar refractivity (Wildman–Crippen MR) is 85.7 cm³/mol. The van der Waals surface area contributed by atoms with Crippen LogP contribution in [0.5, 0.6) is 5.75 Å². The molecule has 1 unspecified atom stereocenters. The summed E-state index contributed by atoms with van der Waals surface area (Å²) < 4.78 is 30.3.